The molecule has 4 nitrogen and oxygen atoms in total. The first kappa shape index (κ1) is 21.8. The maximum atomic E-state index is 13.6. The van der Waals surface area contributed by atoms with Gasteiger partial charge in [-0.05, 0) is 29.5 Å². The van der Waals surface area contributed by atoms with Crippen LogP contribution in [0.5, 0.6) is 0 Å². The van der Waals surface area contributed by atoms with Crippen molar-refractivity contribution in [3.8, 4) is 0 Å². The summed E-state index contributed by atoms with van der Waals surface area (Å²) in [5, 5.41) is 6.26. The predicted octanol–water partition coefficient (Wildman–Crippen LogP) is 5.12. The van der Waals surface area contributed by atoms with Gasteiger partial charge in [0, 0.05) is 6.04 Å². The lowest BCUT2D eigenvalue weighted by Gasteiger charge is -2.27. The molecule has 32 heavy (non-hydrogen) atoms. The highest BCUT2D eigenvalue weighted by molar-refractivity contribution is 5.93. The van der Waals surface area contributed by atoms with Gasteiger partial charge in [-0.3, -0.25) is 9.59 Å². The summed E-state index contributed by atoms with van der Waals surface area (Å²) in [7, 11) is 0. The van der Waals surface area contributed by atoms with E-state index >= 15 is 0 Å². The zero-order chi connectivity index (χ0) is 22.2. The van der Waals surface area contributed by atoms with Gasteiger partial charge in [0.15, 0.2) is 0 Å². The molecule has 1 aliphatic carbocycles. The monoisotopic (exact) mass is 426 g/mol. The van der Waals surface area contributed by atoms with Gasteiger partial charge in [0.1, 0.15) is 6.04 Å². The van der Waals surface area contributed by atoms with E-state index in [2.05, 4.69) is 10.6 Å². The van der Waals surface area contributed by atoms with Gasteiger partial charge in [-0.1, -0.05) is 110 Å². The topological polar surface area (TPSA) is 58.2 Å². The van der Waals surface area contributed by atoms with Crippen molar-refractivity contribution < 1.29 is 9.59 Å². The maximum absolute atomic E-state index is 13.6. The number of amides is 2. The van der Waals surface area contributed by atoms with Crippen molar-refractivity contribution in [2.24, 2.45) is 0 Å². The second-order valence-electron chi connectivity index (χ2n) is 8.45. The van der Waals surface area contributed by atoms with Crippen molar-refractivity contribution in [3.63, 3.8) is 0 Å². The number of benzene rings is 3. The predicted molar refractivity (Wildman–Crippen MR) is 127 cm³/mol. The zero-order valence-corrected chi connectivity index (χ0v) is 18.2. The van der Waals surface area contributed by atoms with Crippen molar-refractivity contribution in [3.05, 3.63) is 108 Å². The lowest BCUT2D eigenvalue weighted by atomic mass is 9.90. The Bertz CT molecular complexity index is 960. The summed E-state index contributed by atoms with van der Waals surface area (Å²) in [6.45, 7) is 0. The highest BCUT2D eigenvalue weighted by atomic mass is 16.2. The van der Waals surface area contributed by atoms with Crippen LogP contribution in [0.4, 0.5) is 0 Å². The summed E-state index contributed by atoms with van der Waals surface area (Å²) in [4.78, 5) is 27.0. The summed E-state index contributed by atoms with van der Waals surface area (Å²) < 4.78 is 0. The average Bonchev–Trinajstić information content (AvgIpc) is 2.85. The summed E-state index contributed by atoms with van der Waals surface area (Å²) in [5.41, 5.74) is 2.58. The third-order valence-corrected chi connectivity index (χ3v) is 6.16. The van der Waals surface area contributed by atoms with E-state index in [-0.39, 0.29) is 17.9 Å². The molecule has 1 unspecified atom stereocenters. The van der Waals surface area contributed by atoms with Gasteiger partial charge >= 0.3 is 0 Å². The van der Waals surface area contributed by atoms with Crippen molar-refractivity contribution >= 4 is 11.8 Å². The fraction of sp³-hybridized carbons (Fsp3) is 0.286. The van der Waals surface area contributed by atoms with E-state index < -0.39 is 12.0 Å². The first-order valence-electron chi connectivity index (χ1n) is 11.5. The summed E-state index contributed by atoms with van der Waals surface area (Å²) >= 11 is 0. The van der Waals surface area contributed by atoms with Crippen LogP contribution < -0.4 is 10.6 Å². The maximum Gasteiger partial charge on any atom is 0.247 e. The molecule has 0 aromatic heterocycles. The molecule has 0 spiro atoms. The molecule has 1 atom stereocenters. The number of carbonyl (C=O) groups excluding carboxylic acids is 2. The van der Waals surface area contributed by atoms with E-state index in [0.717, 1.165) is 42.4 Å². The Morgan fingerprint density at radius 3 is 1.59 bits per heavy atom. The third kappa shape index (κ3) is 5.44. The fourth-order valence-electron chi connectivity index (χ4n) is 4.49. The first-order chi connectivity index (χ1) is 15.7. The molecule has 3 aromatic rings. The Hall–Kier alpha value is -3.40. The minimum absolute atomic E-state index is 0.142. The van der Waals surface area contributed by atoms with Crippen LogP contribution in [0.15, 0.2) is 91.0 Å². The molecular formula is C28H30N2O2. The van der Waals surface area contributed by atoms with Crippen LogP contribution in [0.25, 0.3) is 0 Å². The SMILES string of the molecule is O=C(NC1CCCCC1)C(NC(=O)C(c1ccccc1)c1ccccc1)c1ccccc1. The average molecular weight is 427 g/mol. The molecule has 164 valence electrons. The van der Waals surface area contributed by atoms with Gasteiger partial charge in [0.2, 0.25) is 11.8 Å². The molecule has 0 heterocycles. The second-order valence-corrected chi connectivity index (χ2v) is 8.45. The number of hydrogen-bond donors (Lipinski definition) is 2. The molecule has 0 radical (unpaired) electrons. The van der Waals surface area contributed by atoms with Crippen molar-refractivity contribution in [1.82, 2.24) is 10.6 Å². The van der Waals surface area contributed by atoms with Gasteiger partial charge in [0.05, 0.1) is 5.92 Å². The molecule has 2 N–H and O–H groups in total. The lowest BCUT2D eigenvalue weighted by Crippen LogP contribution is -2.46. The number of nitrogens with one attached hydrogen (secondary N) is 2. The van der Waals surface area contributed by atoms with Gasteiger partial charge < -0.3 is 10.6 Å². The molecule has 3 aromatic carbocycles. The molecule has 4 heteroatoms. The van der Waals surface area contributed by atoms with Crippen molar-refractivity contribution in [2.45, 2.75) is 50.1 Å². The Balaban J connectivity index is 1.61. The summed E-state index contributed by atoms with van der Waals surface area (Å²) in [6.07, 6.45) is 5.49. The molecule has 1 saturated carbocycles. The number of rotatable bonds is 7. The smallest absolute Gasteiger partial charge is 0.247 e. The summed E-state index contributed by atoms with van der Waals surface area (Å²) in [5.74, 6) is -0.822. The van der Waals surface area contributed by atoms with Crippen LogP contribution in [0.3, 0.4) is 0 Å². The Labute approximate surface area is 190 Å². The molecule has 2 amide bonds. The third-order valence-electron chi connectivity index (χ3n) is 6.16. The largest absolute Gasteiger partial charge is 0.351 e. The van der Waals surface area contributed by atoms with Gasteiger partial charge in [-0.2, -0.15) is 0 Å². The Morgan fingerprint density at radius 2 is 1.09 bits per heavy atom. The highest BCUT2D eigenvalue weighted by Crippen LogP contribution is 2.27. The van der Waals surface area contributed by atoms with Crippen LogP contribution in [0, 0.1) is 0 Å². The van der Waals surface area contributed by atoms with Gasteiger partial charge in [-0.25, -0.2) is 0 Å². The van der Waals surface area contributed by atoms with E-state index in [9.17, 15) is 9.59 Å². The van der Waals surface area contributed by atoms with Crippen LogP contribution in [-0.4, -0.2) is 17.9 Å². The number of hydrogen-bond acceptors (Lipinski definition) is 2. The fourth-order valence-corrected chi connectivity index (χ4v) is 4.49. The molecule has 0 bridgehead atoms. The van der Waals surface area contributed by atoms with E-state index in [1.54, 1.807) is 0 Å². The molecular weight excluding hydrogens is 396 g/mol. The lowest BCUT2D eigenvalue weighted by molar-refractivity contribution is -0.130. The molecule has 0 saturated heterocycles. The molecule has 0 aliphatic heterocycles. The van der Waals surface area contributed by atoms with Crippen LogP contribution in [-0.2, 0) is 9.59 Å². The van der Waals surface area contributed by atoms with Crippen LogP contribution in [0.2, 0.25) is 0 Å². The standard InChI is InChI=1S/C28H30N2O2/c31-27(25(21-13-5-1-6-14-21)22-15-7-2-8-16-22)30-26(23-17-9-3-10-18-23)28(32)29-24-19-11-4-12-20-24/h1-3,5-10,13-18,24-26H,4,11-12,19-20H2,(H,29,32)(H,30,31). The van der Waals surface area contributed by atoms with Crippen LogP contribution >= 0.6 is 0 Å². The molecule has 4 rings (SSSR count). The normalized spacial score (nSPS) is 15.2. The molecule has 1 aliphatic rings. The zero-order valence-electron chi connectivity index (χ0n) is 18.2. The quantitative estimate of drug-likeness (QED) is 0.551. The van der Waals surface area contributed by atoms with E-state index in [0.29, 0.717) is 0 Å². The Morgan fingerprint density at radius 1 is 0.625 bits per heavy atom. The van der Waals surface area contributed by atoms with Gasteiger partial charge in [-0.15, -0.1) is 0 Å². The highest BCUT2D eigenvalue weighted by Gasteiger charge is 2.30. The summed E-state index contributed by atoms with van der Waals surface area (Å²) in [6, 6.07) is 28.4. The first-order valence-corrected chi connectivity index (χ1v) is 11.5. The van der Waals surface area contributed by atoms with E-state index in [1.165, 1.54) is 6.42 Å². The van der Waals surface area contributed by atoms with Crippen molar-refractivity contribution in [1.29, 1.82) is 0 Å². The van der Waals surface area contributed by atoms with Crippen LogP contribution in [0.1, 0.15) is 60.8 Å². The minimum atomic E-state index is -0.736. The van der Waals surface area contributed by atoms with E-state index in [1.807, 2.05) is 91.0 Å². The second kappa shape index (κ2) is 10.8. The Kier molecular flexibility index (Phi) is 7.34. The minimum Gasteiger partial charge on any atom is -0.351 e. The number of carbonyl (C=O) groups is 2. The van der Waals surface area contributed by atoms with Gasteiger partial charge in [0.25, 0.3) is 0 Å². The molecule has 1 fully saturated rings. The van der Waals surface area contributed by atoms with E-state index in [4.69, 9.17) is 0 Å². The van der Waals surface area contributed by atoms with Crippen molar-refractivity contribution in [2.75, 3.05) is 0 Å².